The molecular formula is C22H36N2O. The summed E-state index contributed by atoms with van der Waals surface area (Å²) in [7, 11) is 0. The monoisotopic (exact) mass is 344 g/mol. The molecule has 0 aromatic carbocycles. The van der Waals surface area contributed by atoms with Crippen LogP contribution in [0, 0.1) is 17.8 Å². The number of hydrogen-bond acceptors (Lipinski definition) is 3. The maximum absolute atomic E-state index is 12.0. The van der Waals surface area contributed by atoms with Crippen LogP contribution in [0.5, 0.6) is 0 Å². The molecule has 1 saturated heterocycles. The molecule has 3 nitrogen and oxygen atoms in total. The molecule has 0 radical (unpaired) electrons. The van der Waals surface area contributed by atoms with Crippen molar-refractivity contribution in [3.05, 3.63) is 12.3 Å². The average Bonchev–Trinajstić information content (AvgIpc) is 3.05. The lowest BCUT2D eigenvalue weighted by Gasteiger charge is -2.37. The minimum atomic E-state index is 0.340. The maximum Gasteiger partial charge on any atom is 0.159 e. The minimum Gasteiger partial charge on any atom is -0.374 e. The number of carbonyl (C=O) groups is 1. The molecule has 1 N–H and O–H groups in total. The molecule has 2 aliphatic heterocycles. The van der Waals surface area contributed by atoms with E-state index in [0.717, 1.165) is 36.8 Å². The second-order valence-corrected chi connectivity index (χ2v) is 9.13. The SMILES string of the molecule is O=C1C=CN(CCC2CNC3CCCCC23)C(CC2CCCCC2)C1. The first kappa shape index (κ1) is 17.6. The number of nitrogens with one attached hydrogen (secondary N) is 1. The topological polar surface area (TPSA) is 32.3 Å². The average molecular weight is 345 g/mol. The van der Waals surface area contributed by atoms with Gasteiger partial charge in [0.05, 0.1) is 0 Å². The van der Waals surface area contributed by atoms with Crippen LogP contribution in [0.2, 0.25) is 0 Å². The Hall–Kier alpha value is -0.830. The van der Waals surface area contributed by atoms with Crippen LogP contribution in [0.3, 0.4) is 0 Å². The van der Waals surface area contributed by atoms with Gasteiger partial charge in [-0.2, -0.15) is 0 Å². The van der Waals surface area contributed by atoms with Gasteiger partial charge in [-0.3, -0.25) is 4.79 Å². The van der Waals surface area contributed by atoms with Gasteiger partial charge in [0.2, 0.25) is 0 Å². The number of allylic oxidation sites excluding steroid dienone is 1. The third-order valence-electron chi connectivity index (χ3n) is 7.51. The summed E-state index contributed by atoms with van der Waals surface area (Å²) in [6, 6.07) is 1.27. The van der Waals surface area contributed by atoms with E-state index in [2.05, 4.69) is 16.4 Å². The Kier molecular flexibility index (Phi) is 5.80. The van der Waals surface area contributed by atoms with Gasteiger partial charge in [-0.05, 0) is 56.1 Å². The summed E-state index contributed by atoms with van der Waals surface area (Å²) < 4.78 is 0. The van der Waals surface area contributed by atoms with Crippen LogP contribution in [-0.4, -0.2) is 35.9 Å². The van der Waals surface area contributed by atoms with Gasteiger partial charge in [-0.1, -0.05) is 44.9 Å². The zero-order valence-corrected chi connectivity index (χ0v) is 15.8. The molecule has 25 heavy (non-hydrogen) atoms. The number of nitrogens with zero attached hydrogens (tertiary/aromatic N) is 1. The molecule has 140 valence electrons. The van der Waals surface area contributed by atoms with Crippen LogP contribution in [0.4, 0.5) is 0 Å². The van der Waals surface area contributed by atoms with Crippen molar-refractivity contribution >= 4 is 5.78 Å². The van der Waals surface area contributed by atoms with E-state index in [9.17, 15) is 4.79 Å². The molecule has 0 aromatic rings. The van der Waals surface area contributed by atoms with Crippen LogP contribution in [0.25, 0.3) is 0 Å². The van der Waals surface area contributed by atoms with Crippen molar-refractivity contribution in [2.24, 2.45) is 17.8 Å². The van der Waals surface area contributed by atoms with E-state index >= 15 is 0 Å². The summed E-state index contributed by atoms with van der Waals surface area (Å²) in [6.45, 7) is 2.37. The number of carbonyl (C=O) groups excluding carboxylic acids is 1. The van der Waals surface area contributed by atoms with E-state index in [1.165, 1.54) is 77.2 Å². The van der Waals surface area contributed by atoms with Gasteiger partial charge in [0.1, 0.15) is 0 Å². The third kappa shape index (κ3) is 4.30. The fourth-order valence-corrected chi connectivity index (χ4v) is 6.06. The minimum absolute atomic E-state index is 0.340. The van der Waals surface area contributed by atoms with E-state index in [0.29, 0.717) is 11.8 Å². The van der Waals surface area contributed by atoms with Crippen molar-refractivity contribution in [2.75, 3.05) is 13.1 Å². The van der Waals surface area contributed by atoms with E-state index in [1.807, 2.05) is 6.08 Å². The van der Waals surface area contributed by atoms with Crippen molar-refractivity contribution in [3.63, 3.8) is 0 Å². The molecule has 0 spiro atoms. The van der Waals surface area contributed by atoms with E-state index in [1.54, 1.807) is 0 Å². The summed E-state index contributed by atoms with van der Waals surface area (Å²) >= 11 is 0. The Morgan fingerprint density at radius 1 is 1.04 bits per heavy atom. The Labute approximate surface area is 153 Å². The van der Waals surface area contributed by atoms with Gasteiger partial charge in [-0.25, -0.2) is 0 Å². The molecule has 4 aliphatic rings. The summed E-state index contributed by atoms with van der Waals surface area (Å²) in [5, 5.41) is 3.79. The number of fused-ring (bicyclic) bond motifs is 1. The summed E-state index contributed by atoms with van der Waals surface area (Å²) in [5.74, 6) is 2.97. The Balaban J connectivity index is 1.32. The predicted molar refractivity (Wildman–Crippen MR) is 102 cm³/mol. The first-order chi connectivity index (χ1) is 12.3. The summed E-state index contributed by atoms with van der Waals surface area (Å²) in [5.41, 5.74) is 0. The zero-order chi connectivity index (χ0) is 17.1. The van der Waals surface area contributed by atoms with Gasteiger partial charge in [-0.15, -0.1) is 0 Å². The second-order valence-electron chi connectivity index (χ2n) is 9.13. The van der Waals surface area contributed by atoms with Crippen molar-refractivity contribution in [3.8, 4) is 0 Å². The molecule has 2 aliphatic carbocycles. The fraction of sp³-hybridized carbons (Fsp3) is 0.864. The van der Waals surface area contributed by atoms with E-state index in [-0.39, 0.29) is 0 Å². The largest absolute Gasteiger partial charge is 0.374 e. The molecule has 0 aromatic heterocycles. The maximum atomic E-state index is 12.0. The Bertz CT molecular complexity index is 482. The molecular weight excluding hydrogens is 308 g/mol. The first-order valence-electron chi connectivity index (χ1n) is 11.0. The molecule has 4 unspecified atom stereocenters. The van der Waals surface area contributed by atoms with Crippen molar-refractivity contribution in [1.82, 2.24) is 10.2 Å². The highest BCUT2D eigenvalue weighted by Gasteiger charge is 2.37. The highest BCUT2D eigenvalue weighted by Crippen LogP contribution is 2.37. The summed E-state index contributed by atoms with van der Waals surface area (Å²) in [6.07, 6.45) is 19.9. The van der Waals surface area contributed by atoms with Gasteiger partial charge >= 0.3 is 0 Å². The fourth-order valence-electron chi connectivity index (χ4n) is 6.06. The number of rotatable bonds is 5. The second kappa shape index (κ2) is 8.24. The van der Waals surface area contributed by atoms with E-state index in [4.69, 9.17) is 0 Å². The van der Waals surface area contributed by atoms with Gasteiger partial charge < -0.3 is 10.2 Å². The van der Waals surface area contributed by atoms with Crippen LogP contribution in [-0.2, 0) is 4.79 Å². The van der Waals surface area contributed by atoms with Crippen LogP contribution >= 0.6 is 0 Å². The molecule has 2 heterocycles. The van der Waals surface area contributed by atoms with Crippen molar-refractivity contribution in [1.29, 1.82) is 0 Å². The molecule has 3 heteroatoms. The normalized spacial score (nSPS) is 36.6. The zero-order valence-electron chi connectivity index (χ0n) is 15.8. The predicted octanol–water partition coefficient (Wildman–Crippen LogP) is 4.28. The van der Waals surface area contributed by atoms with Crippen LogP contribution in [0.1, 0.15) is 77.0 Å². The Morgan fingerprint density at radius 3 is 2.72 bits per heavy atom. The van der Waals surface area contributed by atoms with Crippen LogP contribution < -0.4 is 5.32 Å². The first-order valence-corrected chi connectivity index (χ1v) is 11.0. The van der Waals surface area contributed by atoms with Crippen molar-refractivity contribution in [2.45, 2.75) is 89.1 Å². The van der Waals surface area contributed by atoms with Crippen LogP contribution in [0.15, 0.2) is 12.3 Å². The third-order valence-corrected chi connectivity index (χ3v) is 7.51. The highest BCUT2D eigenvalue weighted by molar-refractivity contribution is 5.90. The number of hydrogen-bond donors (Lipinski definition) is 1. The Morgan fingerprint density at radius 2 is 1.84 bits per heavy atom. The lowest BCUT2D eigenvalue weighted by Crippen LogP contribution is -2.39. The molecule has 3 fully saturated rings. The standard InChI is InChI=1S/C22H36N2O/c25-20-11-13-24(19(15-20)14-17-6-2-1-3-7-17)12-10-18-16-23-22-9-5-4-8-21(18)22/h11,13,17-19,21-23H,1-10,12,14-16H2. The molecule has 2 saturated carbocycles. The molecule has 4 atom stereocenters. The smallest absolute Gasteiger partial charge is 0.159 e. The summed E-state index contributed by atoms with van der Waals surface area (Å²) in [4.78, 5) is 14.5. The molecule has 0 bridgehead atoms. The van der Waals surface area contributed by atoms with Gasteiger partial charge in [0.15, 0.2) is 5.78 Å². The van der Waals surface area contributed by atoms with Crippen molar-refractivity contribution < 1.29 is 4.79 Å². The highest BCUT2D eigenvalue weighted by atomic mass is 16.1. The lowest BCUT2D eigenvalue weighted by atomic mass is 9.78. The molecule has 0 amide bonds. The van der Waals surface area contributed by atoms with Gasteiger partial charge in [0, 0.05) is 31.2 Å². The van der Waals surface area contributed by atoms with Gasteiger partial charge in [0.25, 0.3) is 0 Å². The quantitative estimate of drug-likeness (QED) is 0.808. The van der Waals surface area contributed by atoms with E-state index < -0.39 is 0 Å². The number of ketones is 1. The molecule has 4 rings (SSSR count). The lowest BCUT2D eigenvalue weighted by molar-refractivity contribution is -0.116.